The van der Waals surface area contributed by atoms with Crippen LogP contribution >= 0.6 is 0 Å². The number of β-amino-alcohol motifs (C(OH)–C–C–N with tert-alkyl or cyclic N) is 1. The molecule has 0 spiro atoms. The molecule has 0 bridgehead atoms. The van der Waals surface area contributed by atoms with E-state index in [0.29, 0.717) is 19.5 Å². The molecular formula is C13H21N3O2. The van der Waals surface area contributed by atoms with Gasteiger partial charge in [-0.15, -0.1) is 0 Å². The summed E-state index contributed by atoms with van der Waals surface area (Å²) in [5.74, 6) is 0.779. The molecule has 2 rings (SSSR count). The lowest BCUT2D eigenvalue weighted by atomic mass is 9.91. The lowest BCUT2D eigenvalue weighted by Crippen LogP contribution is -2.53. The first kappa shape index (κ1) is 13.4. The fourth-order valence-electron chi connectivity index (χ4n) is 2.30. The molecule has 2 atom stereocenters. The lowest BCUT2D eigenvalue weighted by molar-refractivity contribution is -0.108. The summed E-state index contributed by atoms with van der Waals surface area (Å²) in [5, 5.41) is 19.8. The smallest absolute Gasteiger partial charge is 0.142 e. The van der Waals surface area contributed by atoms with Gasteiger partial charge in [0.2, 0.25) is 0 Å². The minimum Gasteiger partial charge on any atom is -0.389 e. The van der Waals surface area contributed by atoms with Crippen molar-refractivity contribution in [2.75, 3.05) is 13.1 Å². The Labute approximate surface area is 107 Å². The van der Waals surface area contributed by atoms with Gasteiger partial charge in [0.1, 0.15) is 5.82 Å². The first-order valence-corrected chi connectivity index (χ1v) is 6.31. The molecule has 0 unspecified atom stereocenters. The molecule has 1 fully saturated rings. The Morgan fingerprint density at radius 2 is 2.00 bits per heavy atom. The Morgan fingerprint density at radius 1 is 1.39 bits per heavy atom. The van der Waals surface area contributed by atoms with Crippen molar-refractivity contribution in [1.29, 1.82) is 0 Å². The van der Waals surface area contributed by atoms with Crippen LogP contribution in [0.15, 0.2) is 6.07 Å². The van der Waals surface area contributed by atoms with Gasteiger partial charge < -0.3 is 10.2 Å². The number of aryl methyl sites for hydroxylation is 2. The molecule has 1 aromatic rings. The predicted molar refractivity (Wildman–Crippen MR) is 68.0 cm³/mol. The quantitative estimate of drug-likeness (QED) is 0.797. The van der Waals surface area contributed by atoms with E-state index in [2.05, 4.69) is 14.9 Å². The fourth-order valence-corrected chi connectivity index (χ4v) is 2.30. The first-order chi connectivity index (χ1) is 8.37. The number of nitrogens with zero attached hydrogens (tertiary/aromatic N) is 3. The third kappa shape index (κ3) is 3.04. The van der Waals surface area contributed by atoms with Gasteiger partial charge in [-0.05, 0) is 33.3 Å². The molecule has 1 aliphatic rings. The van der Waals surface area contributed by atoms with Crippen LogP contribution in [-0.2, 0) is 6.54 Å². The minimum absolute atomic E-state index is 0.462. The number of rotatable bonds is 2. The monoisotopic (exact) mass is 251 g/mol. The molecule has 0 aliphatic carbocycles. The molecule has 0 aromatic carbocycles. The summed E-state index contributed by atoms with van der Waals surface area (Å²) in [5.41, 5.74) is 0.948. The van der Waals surface area contributed by atoms with Crippen LogP contribution in [0.25, 0.3) is 0 Å². The van der Waals surface area contributed by atoms with E-state index in [1.807, 2.05) is 19.9 Å². The van der Waals surface area contributed by atoms with Gasteiger partial charge >= 0.3 is 0 Å². The molecule has 1 aliphatic heterocycles. The Hall–Kier alpha value is -1.04. The molecular weight excluding hydrogens is 230 g/mol. The van der Waals surface area contributed by atoms with E-state index in [0.717, 1.165) is 23.8 Å². The third-order valence-electron chi connectivity index (χ3n) is 3.48. The van der Waals surface area contributed by atoms with Crippen LogP contribution in [0.3, 0.4) is 0 Å². The van der Waals surface area contributed by atoms with E-state index in [1.165, 1.54) is 0 Å². The highest BCUT2D eigenvalue weighted by molar-refractivity contribution is 5.08. The topological polar surface area (TPSA) is 69.5 Å². The van der Waals surface area contributed by atoms with E-state index in [9.17, 15) is 10.2 Å². The van der Waals surface area contributed by atoms with Crippen LogP contribution in [0.1, 0.15) is 30.6 Å². The Balaban J connectivity index is 2.02. The zero-order valence-electron chi connectivity index (χ0n) is 11.2. The van der Waals surface area contributed by atoms with Gasteiger partial charge in [-0.2, -0.15) is 0 Å². The van der Waals surface area contributed by atoms with Crippen molar-refractivity contribution in [1.82, 2.24) is 14.9 Å². The number of likely N-dealkylation sites (tertiary alicyclic amines) is 1. The van der Waals surface area contributed by atoms with Gasteiger partial charge in [0.15, 0.2) is 0 Å². The minimum atomic E-state index is -0.972. The maximum Gasteiger partial charge on any atom is 0.142 e. The Kier molecular flexibility index (Phi) is 3.66. The van der Waals surface area contributed by atoms with E-state index < -0.39 is 11.7 Å². The second-order valence-corrected chi connectivity index (χ2v) is 5.43. The summed E-state index contributed by atoms with van der Waals surface area (Å²) in [6, 6.07) is 1.94. The zero-order valence-corrected chi connectivity index (χ0v) is 11.2. The van der Waals surface area contributed by atoms with Gasteiger partial charge in [-0.1, -0.05) is 0 Å². The average molecular weight is 251 g/mol. The normalized spacial score (nSPS) is 29.5. The molecule has 100 valence electrons. The number of hydrogen-bond donors (Lipinski definition) is 2. The number of aliphatic hydroxyl groups excluding tert-OH is 1. The predicted octanol–water partition coefficient (Wildman–Crippen LogP) is 0.411. The van der Waals surface area contributed by atoms with Crippen molar-refractivity contribution >= 4 is 0 Å². The molecule has 0 saturated carbocycles. The summed E-state index contributed by atoms with van der Waals surface area (Å²) in [6.45, 7) is 7.42. The highest BCUT2D eigenvalue weighted by Gasteiger charge is 2.36. The summed E-state index contributed by atoms with van der Waals surface area (Å²) in [7, 11) is 0. The van der Waals surface area contributed by atoms with Gasteiger partial charge in [-0.3, -0.25) is 4.90 Å². The molecule has 1 saturated heterocycles. The van der Waals surface area contributed by atoms with E-state index in [4.69, 9.17) is 0 Å². The van der Waals surface area contributed by atoms with Gasteiger partial charge in [0.25, 0.3) is 0 Å². The SMILES string of the molecule is Cc1cc(C)nc(CN2CC[C@](C)(O)[C@@H](O)C2)n1. The molecule has 0 radical (unpaired) electrons. The largest absolute Gasteiger partial charge is 0.389 e. The first-order valence-electron chi connectivity index (χ1n) is 6.31. The molecule has 18 heavy (non-hydrogen) atoms. The molecule has 0 amide bonds. The summed E-state index contributed by atoms with van der Waals surface area (Å²) in [6.07, 6.45) is -0.143. The van der Waals surface area contributed by atoms with Crippen LogP contribution < -0.4 is 0 Å². The molecule has 5 nitrogen and oxygen atoms in total. The molecule has 5 heteroatoms. The lowest BCUT2D eigenvalue weighted by Gasteiger charge is -2.39. The summed E-state index contributed by atoms with van der Waals surface area (Å²) in [4.78, 5) is 10.9. The number of aliphatic hydroxyl groups is 2. The molecule has 2 heterocycles. The Bertz CT molecular complexity index is 414. The van der Waals surface area contributed by atoms with Crippen molar-refractivity contribution in [3.63, 3.8) is 0 Å². The zero-order chi connectivity index (χ0) is 13.3. The van der Waals surface area contributed by atoms with Crippen molar-refractivity contribution in [3.8, 4) is 0 Å². The van der Waals surface area contributed by atoms with E-state index >= 15 is 0 Å². The second kappa shape index (κ2) is 4.91. The third-order valence-corrected chi connectivity index (χ3v) is 3.48. The van der Waals surface area contributed by atoms with Gasteiger partial charge in [0.05, 0.1) is 18.2 Å². The summed E-state index contributed by atoms with van der Waals surface area (Å²) < 4.78 is 0. The van der Waals surface area contributed by atoms with Crippen LogP contribution in [0, 0.1) is 13.8 Å². The Morgan fingerprint density at radius 3 is 2.56 bits per heavy atom. The van der Waals surface area contributed by atoms with Crippen molar-refractivity contribution in [3.05, 3.63) is 23.3 Å². The van der Waals surface area contributed by atoms with Crippen LogP contribution in [-0.4, -0.2) is 49.9 Å². The van der Waals surface area contributed by atoms with Gasteiger partial charge in [-0.25, -0.2) is 9.97 Å². The van der Waals surface area contributed by atoms with Crippen LogP contribution in [0.5, 0.6) is 0 Å². The second-order valence-electron chi connectivity index (χ2n) is 5.43. The van der Waals surface area contributed by atoms with Crippen molar-refractivity contribution in [2.24, 2.45) is 0 Å². The molecule has 1 aromatic heterocycles. The number of piperidine rings is 1. The highest BCUT2D eigenvalue weighted by Crippen LogP contribution is 2.22. The maximum atomic E-state index is 9.91. The standard InChI is InChI=1S/C13H21N3O2/c1-9-6-10(2)15-12(14-9)8-16-5-4-13(3,18)11(17)7-16/h6,11,17-18H,4-5,7-8H2,1-3H3/t11-,13-/m0/s1. The highest BCUT2D eigenvalue weighted by atomic mass is 16.3. The summed E-state index contributed by atoms with van der Waals surface area (Å²) >= 11 is 0. The van der Waals surface area contributed by atoms with E-state index in [-0.39, 0.29) is 0 Å². The van der Waals surface area contributed by atoms with Crippen LogP contribution in [0.2, 0.25) is 0 Å². The van der Waals surface area contributed by atoms with Crippen LogP contribution in [0.4, 0.5) is 0 Å². The van der Waals surface area contributed by atoms with Gasteiger partial charge in [0, 0.05) is 24.5 Å². The maximum absolute atomic E-state index is 9.91. The van der Waals surface area contributed by atoms with Crippen molar-refractivity contribution < 1.29 is 10.2 Å². The van der Waals surface area contributed by atoms with E-state index in [1.54, 1.807) is 6.92 Å². The fraction of sp³-hybridized carbons (Fsp3) is 0.692. The number of hydrogen-bond acceptors (Lipinski definition) is 5. The van der Waals surface area contributed by atoms with Crippen molar-refractivity contribution in [2.45, 2.75) is 45.4 Å². The molecule has 2 N–H and O–H groups in total. The number of aromatic nitrogens is 2. The average Bonchev–Trinajstić information content (AvgIpc) is 2.22.